The van der Waals surface area contributed by atoms with E-state index in [-0.39, 0.29) is 17.9 Å². The molecule has 5 nitrogen and oxygen atoms in total. The number of Topliss-reactive ketones (excluding diaryl/α,β-unsaturated/α-hetero) is 1. The number of likely N-dealkylation sites (tertiary alicyclic amines) is 1. The highest BCUT2D eigenvalue weighted by Crippen LogP contribution is 2.40. The highest BCUT2D eigenvalue weighted by Gasteiger charge is 2.46. The summed E-state index contributed by atoms with van der Waals surface area (Å²) < 4.78 is 0. The Morgan fingerprint density at radius 3 is 2.33 bits per heavy atom. The second-order valence-electron chi connectivity index (χ2n) is 7.56. The Balaban J connectivity index is 1.87. The predicted molar refractivity (Wildman–Crippen MR) is 114 cm³/mol. The van der Waals surface area contributed by atoms with Gasteiger partial charge < -0.3 is 10.0 Å². The Hall–Kier alpha value is -3.73. The van der Waals surface area contributed by atoms with Crippen LogP contribution in [0.1, 0.15) is 33.9 Å². The molecule has 3 aromatic rings. The highest BCUT2D eigenvalue weighted by molar-refractivity contribution is 6.46. The van der Waals surface area contributed by atoms with Crippen LogP contribution in [-0.4, -0.2) is 26.7 Å². The molecule has 1 aromatic heterocycles. The summed E-state index contributed by atoms with van der Waals surface area (Å²) in [6.45, 7) is 4.15. The number of ketones is 1. The molecule has 1 fully saturated rings. The molecule has 150 valence electrons. The molecule has 30 heavy (non-hydrogen) atoms. The maximum Gasteiger partial charge on any atom is 0.295 e. The summed E-state index contributed by atoms with van der Waals surface area (Å²) in [4.78, 5) is 31.6. The molecule has 0 aliphatic carbocycles. The van der Waals surface area contributed by atoms with Gasteiger partial charge in [-0.1, -0.05) is 59.7 Å². The third-order valence-corrected chi connectivity index (χ3v) is 5.33. The molecule has 5 heteroatoms. The maximum atomic E-state index is 13.0. The molecule has 0 bridgehead atoms. The number of hydrogen-bond acceptors (Lipinski definition) is 4. The SMILES string of the molecule is Cc1ccc(/C(O)=C2/C(=O)C(=O)N(Cc3ccncc3)C2c2cccc(C)c2)cc1. The number of hydrogen-bond donors (Lipinski definition) is 1. The lowest BCUT2D eigenvalue weighted by molar-refractivity contribution is -0.140. The molecule has 1 aliphatic rings. The molecule has 1 unspecified atom stereocenters. The first kappa shape index (κ1) is 19.6. The minimum atomic E-state index is -0.673. The predicted octanol–water partition coefficient (Wildman–Crippen LogP) is 4.32. The third-order valence-electron chi connectivity index (χ3n) is 5.33. The van der Waals surface area contributed by atoms with Crippen molar-refractivity contribution in [1.29, 1.82) is 0 Å². The number of aliphatic hydroxyl groups is 1. The monoisotopic (exact) mass is 398 g/mol. The molecule has 0 spiro atoms. The molecule has 2 heterocycles. The van der Waals surface area contributed by atoms with Gasteiger partial charge in [0.25, 0.3) is 11.7 Å². The minimum absolute atomic E-state index is 0.114. The smallest absolute Gasteiger partial charge is 0.295 e. The molecule has 1 amide bonds. The molecule has 4 rings (SSSR count). The van der Waals surface area contributed by atoms with Gasteiger partial charge in [0.05, 0.1) is 11.6 Å². The van der Waals surface area contributed by atoms with Gasteiger partial charge in [-0.2, -0.15) is 0 Å². The molecule has 1 N–H and O–H groups in total. The number of rotatable bonds is 4. The molecule has 2 aromatic carbocycles. The van der Waals surface area contributed by atoms with Gasteiger partial charge in [0.1, 0.15) is 5.76 Å². The van der Waals surface area contributed by atoms with Crippen molar-refractivity contribution in [1.82, 2.24) is 9.88 Å². The molecule has 1 atom stereocenters. The van der Waals surface area contributed by atoms with Crippen molar-refractivity contribution in [2.24, 2.45) is 0 Å². The standard InChI is InChI=1S/C25H22N2O3/c1-16-6-8-19(9-7-16)23(28)21-22(20-5-3-4-17(2)14-20)27(25(30)24(21)29)15-18-10-12-26-13-11-18/h3-14,22,28H,15H2,1-2H3/b23-21-. The first-order chi connectivity index (χ1) is 14.5. The lowest BCUT2D eigenvalue weighted by atomic mass is 9.94. The van der Waals surface area contributed by atoms with Crippen molar-refractivity contribution < 1.29 is 14.7 Å². The van der Waals surface area contributed by atoms with Crippen molar-refractivity contribution in [2.45, 2.75) is 26.4 Å². The average Bonchev–Trinajstić information content (AvgIpc) is 2.99. The Kier molecular flexibility index (Phi) is 5.19. The van der Waals surface area contributed by atoms with Gasteiger partial charge in [0.15, 0.2) is 0 Å². The second kappa shape index (κ2) is 7.95. The Morgan fingerprint density at radius 2 is 1.67 bits per heavy atom. The van der Waals surface area contributed by atoms with Gasteiger partial charge in [0, 0.05) is 24.5 Å². The molecule has 0 saturated carbocycles. The van der Waals surface area contributed by atoms with E-state index in [2.05, 4.69) is 4.98 Å². The van der Waals surface area contributed by atoms with Crippen molar-refractivity contribution in [3.8, 4) is 0 Å². The van der Waals surface area contributed by atoms with Gasteiger partial charge in [-0.3, -0.25) is 14.6 Å². The first-order valence-corrected chi connectivity index (χ1v) is 9.76. The number of benzene rings is 2. The number of nitrogens with zero attached hydrogens (tertiary/aromatic N) is 2. The van der Waals surface area contributed by atoms with E-state index in [1.54, 1.807) is 24.5 Å². The first-order valence-electron chi connectivity index (χ1n) is 9.76. The van der Waals surface area contributed by atoms with E-state index < -0.39 is 17.7 Å². The van der Waals surface area contributed by atoms with Crippen LogP contribution in [0.5, 0.6) is 0 Å². The summed E-state index contributed by atoms with van der Waals surface area (Å²) in [6.07, 6.45) is 3.31. The largest absolute Gasteiger partial charge is 0.507 e. The number of amides is 1. The number of aliphatic hydroxyl groups excluding tert-OH is 1. The van der Waals surface area contributed by atoms with Crippen molar-refractivity contribution >= 4 is 17.4 Å². The van der Waals surface area contributed by atoms with E-state index in [9.17, 15) is 14.7 Å². The number of pyridine rings is 1. The number of aromatic nitrogens is 1. The average molecular weight is 398 g/mol. The third kappa shape index (κ3) is 3.62. The van der Waals surface area contributed by atoms with E-state index in [0.717, 1.165) is 22.3 Å². The number of aryl methyl sites for hydroxylation is 2. The minimum Gasteiger partial charge on any atom is -0.507 e. The summed E-state index contributed by atoms with van der Waals surface area (Å²) in [7, 11) is 0. The van der Waals surface area contributed by atoms with Crippen LogP contribution in [0, 0.1) is 13.8 Å². The Bertz CT molecular complexity index is 1130. The molecule has 1 saturated heterocycles. The van der Waals surface area contributed by atoms with Crippen LogP contribution >= 0.6 is 0 Å². The van der Waals surface area contributed by atoms with Crippen molar-refractivity contribution in [3.05, 3.63) is 106 Å². The van der Waals surface area contributed by atoms with E-state index in [0.29, 0.717) is 5.56 Å². The normalized spacial score (nSPS) is 18.1. The van der Waals surface area contributed by atoms with Crippen LogP contribution in [0.3, 0.4) is 0 Å². The van der Waals surface area contributed by atoms with E-state index in [4.69, 9.17) is 0 Å². The van der Waals surface area contributed by atoms with Crippen LogP contribution in [0.15, 0.2) is 78.6 Å². The topological polar surface area (TPSA) is 70.5 Å². The lowest BCUT2D eigenvalue weighted by Crippen LogP contribution is -2.29. The lowest BCUT2D eigenvalue weighted by Gasteiger charge is -2.25. The van der Waals surface area contributed by atoms with Gasteiger partial charge in [-0.15, -0.1) is 0 Å². The van der Waals surface area contributed by atoms with Crippen LogP contribution in [0.25, 0.3) is 5.76 Å². The maximum absolute atomic E-state index is 13.0. The molecular formula is C25H22N2O3. The molecule has 1 aliphatic heterocycles. The molecular weight excluding hydrogens is 376 g/mol. The Morgan fingerprint density at radius 1 is 0.967 bits per heavy atom. The fourth-order valence-corrected chi connectivity index (χ4v) is 3.78. The van der Waals surface area contributed by atoms with E-state index in [1.165, 1.54) is 4.90 Å². The number of carbonyl (C=O) groups excluding carboxylic acids is 2. The van der Waals surface area contributed by atoms with E-state index in [1.807, 2.05) is 62.4 Å². The van der Waals surface area contributed by atoms with Gasteiger partial charge in [-0.05, 0) is 37.1 Å². The summed E-state index contributed by atoms with van der Waals surface area (Å²) >= 11 is 0. The zero-order valence-corrected chi connectivity index (χ0v) is 16.9. The van der Waals surface area contributed by atoms with Crippen LogP contribution < -0.4 is 0 Å². The number of carbonyl (C=O) groups is 2. The quantitative estimate of drug-likeness (QED) is 0.404. The second-order valence-corrected chi connectivity index (χ2v) is 7.56. The van der Waals surface area contributed by atoms with E-state index >= 15 is 0 Å². The summed E-state index contributed by atoms with van der Waals surface area (Å²) in [5, 5.41) is 11.1. The van der Waals surface area contributed by atoms with Crippen LogP contribution in [0.2, 0.25) is 0 Å². The summed E-state index contributed by atoms with van der Waals surface area (Å²) in [6, 6.07) is 17.9. The van der Waals surface area contributed by atoms with Crippen LogP contribution in [0.4, 0.5) is 0 Å². The zero-order chi connectivity index (χ0) is 21.3. The fraction of sp³-hybridized carbons (Fsp3) is 0.160. The van der Waals surface area contributed by atoms with Gasteiger partial charge in [-0.25, -0.2) is 0 Å². The van der Waals surface area contributed by atoms with Gasteiger partial charge >= 0.3 is 0 Å². The molecule has 0 radical (unpaired) electrons. The van der Waals surface area contributed by atoms with Gasteiger partial charge in [0.2, 0.25) is 0 Å². The van der Waals surface area contributed by atoms with Crippen molar-refractivity contribution in [2.75, 3.05) is 0 Å². The zero-order valence-electron chi connectivity index (χ0n) is 16.9. The summed E-state index contributed by atoms with van der Waals surface area (Å²) in [5.41, 5.74) is 4.33. The Labute approximate surface area is 175 Å². The van der Waals surface area contributed by atoms with Crippen molar-refractivity contribution in [3.63, 3.8) is 0 Å². The summed E-state index contributed by atoms with van der Waals surface area (Å²) in [5.74, 6) is -1.45. The fourth-order valence-electron chi connectivity index (χ4n) is 3.78. The highest BCUT2D eigenvalue weighted by atomic mass is 16.3. The van der Waals surface area contributed by atoms with Crippen LogP contribution in [-0.2, 0) is 16.1 Å².